The minimum absolute atomic E-state index is 0.0368. The highest BCUT2D eigenvalue weighted by Crippen LogP contribution is 2.31. The van der Waals surface area contributed by atoms with Crippen molar-refractivity contribution in [2.24, 2.45) is 5.92 Å². The summed E-state index contributed by atoms with van der Waals surface area (Å²) in [7, 11) is -2.05. The van der Waals surface area contributed by atoms with E-state index in [1.54, 1.807) is 18.2 Å². The largest absolute Gasteiger partial charge is 0.468 e. The van der Waals surface area contributed by atoms with Crippen LogP contribution in [0.3, 0.4) is 0 Å². The number of benzene rings is 1. The molecule has 148 valence electrons. The summed E-state index contributed by atoms with van der Waals surface area (Å²) in [5.41, 5.74) is 6.82. The molecule has 4 N–H and O–H groups in total. The first-order chi connectivity index (χ1) is 12.8. The number of hydrazine groups is 1. The number of sulfonamides is 1. The van der Waals surface area contributed by atoms with E-state index in [-0.39, 0.29) is 29.9 Å². The monoisotopic (exact) mass is 396 g/mol. The molecule has 0 bridgehead atoms. The SMILES string of the molecule is COC(=O)C1NNC2CCC(NC(=O)c3cccc(NS(C)(=O)=O)c3)CC21. The van der Waals surface area contributed by atoms with Crippen molar-refractivity contribution < 1.29 is 22.7 Å². The maximum Gasteiger partial charge on any atom is 0.324 e. The van der Waals surface area contributed by atoms with E-state index < -0.39 is 16.1 Å². The second-order valence-corrected chi connectivity index (χ2v) is 8.75. The zero-order valence-corrected chi connectivity index (χ0v) is 16.0. The minimum Gasteiger partial charge on any atom is -0.468 e. The summed E-state index contributed by atoms with van der Waals surface area (Å²) in [5.74, 6) is -0.555. The molecule has 1 amide bonds. The molecule has 3 rings (SSSR count). The molecular formula is C17H24N4O5S. The lowest BCUT2D eigenvalue weighted by Crippen LogP contribution is -2.46. The zero-order chi connectivity index (χ0) is 19.6. The van der Waals surface area contributed by atoms with Crippen LogP contribution in [0.2, 0.25) is 0 Å². The van der Waals surface area contributed by atoms with Gasteiger partial charge in [0.25, 0.3) is 5.91 Å². The fourth-order valence-electron chi connectivity index (χ4n) is 3.76. The summed E-state index contributed by atoms with van der Waals surface area (Å²) in [6.45, 7) is 0. The van der Waals surface area contributed by atoms with Gasteiger partial charge in [-0.15, -0.1) is 0 Å². The number of esters is 1. The average molecular weight is 396 g/mol. The summed E-state index contributed by atoms with van der Waals surface area (Å²) in [5, 5.41) is 2.99. The van der Waals surface area contributed by atoms with Gasteiger partial charge in [0.1, 0.15) is 6.04 Å². The van der Waals surface area contributed by atoms with Gasteiger partial charge in [-0.25, -0.2) is 13.8 Å². The Balaban J connectivity index is 1.64. The van der Waals surface area contributed by atoms with Crippen LogP contribution < -0.4 is 20.9 Å². The molecule has 4 atom stereocenters. The quantitative estimate of drug-likeness (QED) is 0.515. The highest BCUT2D eigenvalue weighted by molar-refractivity contribution is 7.92. The number of rotatable bonds is 5. The summed E-state index contributed by atoms with van der Waals surface area (Å²) in [6, 6.07) is 6.00. The van der Waals surface area contributed by atoms with Gasteiger partial charge in [0.2, 0.25) is 10.0 Å². The third-order valence-electron chi connectivity index (χ3n) is 4.97. The molecule has 1 aromatic rings. The fourth-order valence-corrected chi connectivity index (χ4v) is 4.31. The topological polar surface area (TPSA) is 126 Å². The Hall–Kier alpha value is -2.17. The predicted octanol–water partition coefficient (Wildman–Crippen LogP) is -0.0254. The van der Waals surface area contributed by atoms with Crippen molar-refractivity contribution in [1.29, 1.82) is 0 Å². The van der Waals surface area contributed by atoms with Crippen LogP contribution in [-0.4, -0.2) is 51.8 Å². The number of hydrogen-bond acceptors (Lipinski definition) is 7. The number of anilines is 1. The van der Waals surface area contributed by atoms with Crippen molar-refractivity contribution in [1.82, 2.24) is 16.2 Å². The maximum atomic E-state index is 12.6. The predicted molar refractivity (Wildman–Crippen MR) is 99.4 cm³/mol. The number of carbonyl (C=O) groups excluding carboxylic acids is 2. The smallest absolute Gasteiger partial charge is 0.324 e. The Labute approximate surface area is 158 Å². The maximum absolute atomic E-state index is 12.6. The third-order valence-corrected chi connectivity index (χ3v) is 5.58. The molecule has 9 nitrogen and oxygen atoms in total. The molecule has 0 radical (unpaired) electrons. The number of nitrogens with one attached hydrogen (secondary N) is 4. The first-order valence-corrected chi connectivity index (χ1v) is 10.6. The Bertz CT molecular complexity index is 828. The molecule has 0 spiro atoms. The molecule has 27 heavy (non-hydrogen) atoms. The first kappa shape index (κ1) is 19.6. The van der Waals surface area contributed by atoms with Crippen molar-refractivity contribution in [3.63, 3.8) is 0 Å². The van der Waals surface area contributed by atoms with E-state index in [2.05, 4.69) is 20.9 Å². The Morgan fingerprint density at radius 2 is 2.00 bits per heavy atom. The lowest BCUT2D eigenvalue weighted by Gasteiger charge is -2.32. The number of methoxy groups -OCH3 is 1. The van der Waals surface area contributed by atoms with Gasteiger partial charge >= 0.3 is 5.97 Å². The molecule has 1 saturated carbocycles. The zero-order valence-electron chi connectivity index (χ0n) is 15.2. The molecule has 1 aromatic carbocycles. The van der Waals surface area contributed by atoms with E-state index in [0.717, 1.165) is 19.1 Å². The Morgan fingerprint density at radius 1 is 1.22 bits per heavy atom. The molecule has 1 heterocycles. The number of fused-ring (bicyclic) bond motifs is 1. The average Bonchev–Trinajstić information content (AvgIpc) is 3.03. The highest BCUT2D eigenvalue weighted by Gasteiger charge is 2.44. The van der Waals surface area contributed by atoms with E-state index in [1.807, 2.05) is 0 Å². The van der Waals surface area contributed by atoms with Gasteiger partial charge < -0.3 is 10.1 Å². The Kier molecular flexibility index (Phi) is 5.68. The number of ether oxygens (including phenoxy) is 1. The van der Waals surface area contributed by atoms with E-state index in [4.69, 9.17) is 4.74 Å². The van der Waals surface area contributed by atoms with Crippen LogP contribution in [0, 0.1) is 5.92 Å². The van der Waals surface area contributed by atoms with Crippen LogP contribution in [0.4, 0.5) is 5.69 Å². The van der Waals surface area contributed by atoms with Gasteiger partial charge in [-0.05, 0) is 37.5 Å². The second-order valence-electron chi connectivity index (χ2n) is 7.00. The number of hydrogen-bond donors (Lipinski definition) is 4. The van der Waals surface area contributed by atoms with Crippen molar-refractivity contribution in [2.45, 2.75) is 37.4 Å². The van der Waals surface area contributed by atoms with Gasteiger partial charge in [0.15, 0.2) is 0 Å². The van der Waals surface area contributed by atoms with Crippen LogP contribution in [0.15, 0.2) is 24.3 Å². The van der Waals surface area contributed by atoms with Gasteiger partial charge in [-0.3, -0.25) is 19.7 Å². The first-order valence-electron chi connectivity index (χ1n) is 8.74. The van der Waals surface area contributed by atoms with Crippen LogP contribution in [0.5, 0.6) is 0 Å². The van der Waals surface area contributed by atoms with Crippen molar-refractivity contribution in [3.05, 3.63) is 29.8 Å². The van der Waals surface area contributed by atoms with Gasteiger partial charge in [-0.1, -0.05) is 6.07 Å². The fraction of sp³-hybridized carbons (Fsp3) is 0.529. The summed E-state index contributed by atoms with van der Waals surface area (Å²) >= 11 is 0. The molecule has 1 aliphatic heterocycles. The standard InChI is InChI=1S/C17H24N4O5S/c1-26-17(23)15-13-9-11(6-7-14(13)19-20-15)18-16(22)10-4-3-5-12(8-10)21-27(2,24)25/h3-5,8,11,13-15,19-21H,6-7,9H2,1-2H3,(H,18,22). The molecule has 2 aliphatic rings. The van der Waals surface area contributed by atoms with E-state index in [9.17, 15) is 18.0 Å². The van der Waals surface area contributed by atoms with Crippen LogP contribution in [0.1, 0.15) is 29.6 Å². The van der Waals surface area contributed by atoms with Gasteiger partial charge in [-0.2, -0.15) is 0 Å². The van der Waals surface area contributed by atoms with E-state index in [0.29, 0.717) is 17.7 Å². The molecule has 1 saturated heterocycles. The van der Waals surface area contributed by atoms with Crippen molar-refractivity contribution in [2.75, 3.05) is 18.1 Å². The third kappa shape index (κ3) is 4.76. The number of carbonyl (C=O) groups is 2. The molecule has 2 fully saturated rings. The van der Waals surface area contributed by atoms with Crippen LogP contribution in [-0.2, 0) is 19.6 Å². The molecule has 10 heteroatoms. The molecular weight excluding hydrogens is 372 g/mol. The van der Waals surface area contributed by atoms with E-state index in [1.165, 1.54) is 13.2 Å². The van der Waals surface area contributed by atoms with Gasteiger partial charge in [0.05, 0.1) is 13.4 Å². The minimum atomic E-state index is -3.41. The normalized spacial score (nSPS) is 27.5. The van der Waals surface area contributed by atoms with Crippen LogP contribution in [0.25, 0.3) is 0 Å². The summed E-state index contributed by atoms with van der Waals surface area (Å²) < 4.78 is 29.9. The van der Waals surface area contributed by atoms with Crippen molar-refractivity contribution in [3.8, 4) is 0 Å². The molecule has 1 aliphatic carbocycles. The summed E-state index contributed by atoms with van der Waals surface area (Å²) in [6.07, 6.45) is 3.32. The van der Waals surface area contributed by atoms with Crippen LogP contribution >= 0.6 is 0 Å². The summed E-state index contributed by atoms with van der Waals surface area (Å²) in [4.78, 5) is 24.5. The van der Waals surface area contributed by atoms with E-state index >= 15 is 0 Å². The molecule has 4 unspecified atom stereocenters. The molecule has 0 aromatic heterocycles. The lowest BCUT2D eigenvalue weighted by atomic mass is 9.79. The highest BCUT2D eigenvalue weighted by atomic mass is 32.2. The Morgan fingerprint density at radius 3 is 2.70 bits per heavy atom. The van der Waals surface area contributed by atoms with Crippen molar-refractivity contribution >= 4 is 27.6 Å². The lowest BCUT2D eigenvalue weighted by molar-refractivity contribution is -0.144. The number of amides is 1. The van der Waals surface area contributed by atoms with Gasteiger partial charge in [0, 0.05) is 29.3 Å². The second kappa shape index (κ2) is 7.83.